The van der Waals surface area contributed by atoms with Crippen LogP contribution in [0.15, 0.2) is 24.4 Å². The number of aryl methyl sites for hydroxylation is 1. The molecule has 2 rings (SSSR count). The molecule has 0 radical (unpaired) electrons. The number of sulfonamides is 1. The predicted octanol–water partition coefficient (Wildman–Crippen LogP) is 1.10. The van der Waals surface area contributed by atoms with Gasteiger partial charge in [-0.1, -0.05) is 13.3 Å². The molecule has 2 aromatic rings. The van der Waals surface area contributed by atoms with Crippen LogP contribution in [0.1, 0.15) is 25.5 Å². The fourth-order valence-corrected chi connectivity index (χ4v) is 3.11. The van der Waals surface area contributed by atoms with Crippen LogP contribution >= 0.6 is 0 Å². The fraction of sp³-hybridized carbons (Fsp3) is 0.500. The summed E-state index contributed by atoms with van der Waals surface area (Å²) in [6.07, 6.45) is 3.34. The van der Waals surface area contributed by atoms with E-state index in [1.54, 1.807) is 16.8 Å². The average Bonchev–Trinajstić information content (AvgIpc) is 2.97. The summed E-state index contributed by atoms with van der Waals surface area (Å²) in [5.41, 5.74) is 0.907. The average molecular weight is 338 g/mol. The number of rotatable bonds is 9. The molecule has 0 bridgehead atoms. The maximum atomic E-state index is 11.6. The third kappa shape index (κ3) is 5.61. The Balaban J connectivity index is 1.78. The highest BCUT2D eigenvalue weighted by Gasteiger charge is 2.08. The molecule has 8 nitrogen and oxygen atoms in total. The first-order valence-corrected chi connectivity index (χ1v) is 9.23. The van der Waals surface area contributed by atoms with Crippen LogP contribution in [0.3, 0.4) is 0 Å². The first-order chi connectivity index (χ1) is 11.0. The monoisotopic (exact) mass is 338 g/mol. The smallest absolute Gasteiger partial charge is 0.211 e. The van der Waals surface area contributed by atoms with Gasteiger partial charge in [0.25, 0.3) is 0 Å². The zero-order valence-corrected chi connectivity index (χ0v) is 14.2. The molecule has 2 heterocycles. The largest absolute Gasteiger partial charge is 0.367 e. The van der Waals surface area contributed by atoms with Gasteiger partial charge in [0.15, 0.2) is 5.82 Å². The molecule has 0 saturated carbocycles. The van der Waals surface area contributed by atoms with E-state index < -0.39 is 10.0 Å². The van der Waals surface area contributed by atoms with E-state index in [0.717, 1.165) is 12.1 Å². The zero-order chi connectivity index (χ0) is 16.7. The second-order valence-corrected chi connectivity index (χ2v) is 7.10. The molecule has 0 amide bonds. The summed E-state index contributed by atoms with van der Waals surface area (Å²) in [7, 11) is -3.18. The van der Waals surface area contributed by atoms with Gasteiger partial charge in [-0.2, -0.15) is 5.10 Å². The Morgan fingerprint density at radius 2 is 2.00 bits per heavy atom. The third-order valence-corrected chi connectivity index (χ3v) is 4.60. The van der Waals surface area contributed by atoms with Crippen molar-refractivity contribution in [1.29, 1.82) is 0 Å². The number of hydrogen-bond donors (Lipinski definition) is 2. The van der Waals surface area contributed by atoms with Crippen molar-refractivity contribution in [3.8, 4) is 5.82 Å². The standard InChI is InChI=1S/C14H22N6O2S/c1-3-4-11-23(21,22)16-9-8-15-13-5-6-14(18-17-13)20-10-7-12(2)19-20/h5-7,10,16H,3-4,8-9,11H2,1-2H3,(H,15,17). The van der Waals surface area contributed by atoms with E-state index >= 15 is 0 Å². The van der Waals surface area contributed by atoms with Crippen LogP contribution < -0.4 is 10.0 Å². The minimum absolute atomic E-state index is 0.168. The van der Waals surface area contributed by atoms with Crippen molar-refractivity contribution in [2.24, 2.45) is 0 Å². The molecule has 9 heteroatoms. The van der Waals surface area contributed by atoms with E-state index in [-0.39, 0.29) is 5.75 Å². The second kappa shape index (κ2) is 8.02. The minimum Gasteiger partial charge on any atom is -0.367 e. The van der Waals surface area contributed by atoms with Crippen LogP contribution in [0.2, 0.25) is 0 Å². The van der Waals surface area contributed by atoms with Gasteiger partial charge in [0, 0.05) is 19.3 Å². The van der Waals surface area contributed by atoms with Crippen LogP contribution in [0, 0.1) is 6.92 Å². The highest BCUT2D eigenvalue weighted by Crippen LogP contribution is 2.06. The van der Waals surface area contributed by atoms with Crippen LogP contribution in [-0.2, 0) is 10.0 Å². The van der Waals surface area contributed by atoms with Crippen molar-refractivity contribution < 1.29 is 8.42 Å². The van der Waals surface area contributed by atoms with E-state index in [1.165, 1.54) is 0 Å². The Kier molecular flexibility index (Phi) is 6.05. The Bertz CT molecular complexity index is 711. The van der Waals surface area contributed by atoms with Crippen molar-refractivity contribution in [2.75, 3.05) is 24.2 Å². The van der Waals surface area contributed by atoms with Crippen molar-refractivity contribution in [2.45, 2.75) is 26.7 Å². The van der Waals surface area contributed by atoms with Gasteiger partial charge < -0.3 is 5.32 Å². The third-order valence-electron chi connectivity index (χ3n) is 3.13. The summed E-state index contributed by atoms with van der Waals surface area (Å²) < 4.78 is 27.5. The van der Waals surface area contributed by atoms with Gasteiger partial charge in [0.1, 0.15) is 5.82 Å². The lowest BCUT2D eigenvalue weighted by molar-refractivity contribution is 0.579. The van der Waals surface area contributed by atoms with Gasteiger partial charge >= 0.3 is 0 Å². The van der Waals surface area contributed by atoms with E-state index in [9.17, 15) is 8.42 Å². The first kappa shape index (κ1) is 17.4. The van der Waals surface area contributed by atoms with Crippen LogP contribution in [0.25, 0.3) is 5.82 Å². The Labute approximate surface area is 136 Å². The van der Waals surface area contributed by atoms with E-state index in [0.29, 0.717) is 31.1 Å². The van der Waals surface area contributed by atoms with Crippen molar-refractivity contribution in [1.82, 2.24) is 24.7 Å². The van der Waals surface area contributed by atoms with Gasteiger partial charge in [-0.25, -0.2) is 17.8 Å². The number of nitrogens with one attached hydrogen (secondary N) is 2. The summed E-state index contributed by atoms with van der Waals surface area (Å²) >= 11 is 0. The highest BCUT2D eigenvalue weighted by molar-refractivity contribution is 7.89. The molecule has 2 aromatic heterocycles. The summed E-state index contributed by atoms with van der Waals surface area (Å²) in [5, 5.41) is 15.4. The summed E-state index contributed by atoms with van der Waals surface area (Å²) in [5.74, 6) is 1.38. The number of hydrogen-bond acceptors (Lipinski definition) is 6. The zero-order valence-electron chi connectivity index (χ0n) is 13.4. The summed E-state index contributed by atoms with van der Waals surface area (Å²) in [6.45, 7) is 4.62. The molecule has 0 aliphatic rings. The molecule has 126 valence electrons. The van der Waals surface area contributed by atoms with Gasteiger partial charge in [-0.3, -0.25) is 0 Å². The normalized spacial score (nSPS) is 11.6. The van der Waals surface area contributed by atoms with Gasteiger partial charge in [-0.15, -0.1) is 10.2 Å². The van der Waals surface area contributed by atoms with Gasteiger partial charge in [0.2, 0.25) is 10.0 Å². The molecular formula is C14H22N6O2S. The molecule has 0 atom stereocenters. The minimum atomic E-state index is -3.18. The second-order valence-electron chi connectivity index (χ2n) is 5.17. The predicted molar refractivity (Wildman–Crippen MR) is 89.1 cm³/mol. The molecule has 0 fully saturated rings. The SMILES string of the molecule is CCCCS(=O)(=O)NCCNc1ccc(-n2ccc(C)n2)nn1. The van der Waals surface area contributed by atoms with E-state index in [2.05, 4.69) is 25.3 Å². The Morgan fingerprint density at radius 3 is 2.61 bits per heavy atom. The molecule has 0 aliphatic heterocycles. The number of anilines is 1. The van der Waals surface area contributed by atoms with Crippen molar-refractivity contribution in [3.05, 3.63) is 30.1 Å². The molecule has 23 heavy (non-hydrogen) atoms. The molecule has 0 aromatic carbocycles. The van der Waals surface area contributed by atoms with Gasteiger partial charge in [0.05, 0.1) is 11.4 Å². The molecule has 0 aliphatic carbocycles. The maximum absolute atomic E-state index is 11.6. The van der Waals surface area contributed by atoms with Crippen LogP contribution in [0.5, 0.6) is 0 Å². The molecule has 0 unspecified atom stereocenters. The lowest BCUT2D eigenvalue weighted by Gasteiger charge is -2.08. The lowest BCUT2D eigenvalue weighted by atomic mass is 10.4. The van der Waals surface area contributed by atoms with Crippen molar-refractivity contribution in [3.63, 3.8) is 0 Å². The molecule has 0 spiro atoms. The Morgan fingerprint density at radius 1 is 1.17 bits per heavy atom. The topological polar surface area (TPSA) is 102 Å². The van der Waals surface area contributed by atoms with Crippen molar-refractivity contribution >= 4 is 15.8 Å². The number of nitrogens with zero attached hydrogens (tertiary/aromatic N) is 4. The Hall–Kier alpha value is -2.00. The van der Waals surface area contributed by atoms with Crippen LogP contribution in [-0.4, -0.2) is 47.2 Å². The quantitative estimate of drug-likeness (QED) is 0.664. The van der Waals surface area contributed by atoms with Crippen LogP contribution in [0.4, 0.5) is 5.82 Å². The molecular weight excluding hydrogens is 316 g/mol. The number of aromatic nitrogens is 4. The highest BCUT2D eigenvalue weighted by atomic mass is 32.2. The fourth-order valence-electron chi connectivity index (χ4n) is 1.89. The van der Waals surface area contributed by atoms with Gasteiger partial charge in [-0.05, 0) is 31.5 Å². The maximum Gasteiger partial charge on any atom is 0.211 e. The van der Waals surface area contributed by atoms with E-state index in [1.807, 2.05) is 26.1 Å². The molecule has 0 saturated heterocycles. The lowest BCUT2D eigenvalue weighted by Crippen LogP contribution is -2.31. The first-order valence-electron chi connectivity index (χ1n) is 7.58. The van der Waals surface area contributed by atoms with E-state index in [4.69, 9.17) is 0 Å². The molecule has 2 N–H and O–H groups in total. The summed E-state index contributed by atoms with van der Waals surface area (Å²) in [6, 6.07) is 5.47. The summed E-state index contributed by atoms with van der Waals surface area (Å²) in [4.78, 5) is 0. The number of unbranched alkanes of at least 4 members (excludes halogenated alkanes) is 1.